The van der Waals surface area contributed by atoms with Gasteiger partial charge in [-0.2, -0.15) is 13.2 Å². The molecule has 0 heterocycles. The summed E-state index contributed by atoms with van der Waals surface area (Å²) in [5.74, 6) is -0.0916. The van der Waals surface area contributed by atoms with Crippen LogP contribution in [0.15, 0.2) is 18.2 Å². The molecule has 106 valence electrons. The third-order valence-corrected chi connectivity index (χ3v) is 4.02. The summed E-state index contributed by atoms with van der Waals surface area (Å²) in [6.07, 6.45) is -2.85. The standard InChI is InChI=1S/C14H18F3NO/c1-12(2,18)13(7-8-13)9-5-4-6-10(11(9)19-3)14(15,16)17/h4-6H,7-8,18H2,1-3H3. The lowest BCUT2D eigenvalue weighted by Gasteiger charge is -2.33. The number of methoxy groups -OCH3 is 1. The number of halogens is 3. The zero-order valence-electron chi connectivity index (χ0n) is 11.3. The maximum Gasteiger partial charge on any atom is 0.419 e. The van der Waals surface area contributed by atoms with Crippen LogP contribution in [-0.4, -0.2) is 12.6 Å². The fraction of sp³-hybridized carbons (Fsp3) is 0.571. The summed E-state index contributed by atoms with van der Waals surface area (Å²) >= 11 is 0. The van der Waals surface area contributed by atoms with Crippen molar-refractivity contribution in [2.75, 3.05) is 7.11 Å². The molecule has 1 saturated carbocycles. The van der Waals surface area contributed by atoms with Gasteiger partial charge in [-0.25, -0.2) is 0 Å². The van der Waals surface area contributed by atoms with E-state index in [0.29, 0.717) is 5.56 Å². The third kappa shape index (κ3) is 2.20. The molecule has 0 bridgehead atoms. The average molecular weight is 273 g/mol. The SMILES string of the molecule is COc1c(C(F)(F)F)cccc1C1(C(C)(C)N)CC1. The molecule has 5 heteroatoms. The number of hydrogen-bond acceptors (Lipinski definition) is 2. The Morgan fingerprint density at radius 1 is 1.21 bits per heavy atom. The van der Waals surface area contributed by atoms with E-state index in [2.05, 4.69) is 0 Å². The van der Waals surface area contributed by atoms with Crippen molar-refractivity contribution < 1.29 is 17.9 Å². The van der Waals surface area contributed by atoms with Gasteiger partial charge in [-0.15, -0.1) is 0 Å². The second-order valence-corrected chi connectivity index (χ2v) is 5.69. The van der Waals surface area contributed by atoms with Gasteiger partial charge in [0.05, 0.1) is 12.7 Å². The molecule has 1 aromatic rings. The van der Waals surface area contributed by atoms with Gasteiger partial charge in [-0.1, -0.05) is 12.1 Å². The minimum atomic E-state index is -4.42. The minimum Gasteiger partial charge on any atom is -0.496 e. The summed E-state index contributed by atoms with van der Waals surface area (Å²) in [4.78, 5) is 0. The van der Waals surface area contributed by atoms with Gasteiger partial charge in [0.25, 0.3) is 0 Å². The predicted octanol–water partition coefficient (Wildman–Crippen LogP) is 3.48. The number of para-hydroxylation sites is 1. The lowest BCUT2D eigenvalue weighted by Crippen LogP contribution is -2.45. The summed E-state index contributed by atoms with van der Waals surface area (Å²) in [6.45, 7) is 3.69. The number of rotatable bonds is 3. The number of ether oxygens (including phenoxy) is 1. The number of benzene rings is 1. The minimum absolute atomic E-state index is 0.0916. The first-order valence-electron chi connectivity index (χ1n) is 6.17. The quantitative estimate of drug-likeness (QED) is 0.915. The first kappa shape index (κ1) is 14.2. The molecule has 2 nitrogen and oxygen atoms in total. The molecule has 2 N–H and O–H groups in total. The number of alkyl halides is 3. The second-order valence-electron chi connectivity index (χ2n) is 5.69. The Morgan fingerprint density at radius 3 is 2.16 bits per heavy atom. The van der Waals surface area contributed by atoms with Crippen LogP contribution in [0, 0.1) is 0 Å². The Bertz CT molecular complexity index is 484. The summed E-state index contributed by atoms with van der Waals surface area (Å²) in [7, 11) is 1.27. The smallest absolute Gasteiger partial charge is 0.419 e. The molecule has 0 atom stereocenters. The van der Waals surface area contributed by atoms with Crippen LogP contribution in [0.5, 0.6) is 5.75 Å². The van der Waals surface area contributed by atoms with Gasteiger partial charge in [0.1, 0.15) is 5.75 Å². The largest absolute Gasteiger partial charge is 0.496 e. The van der Waals surface area contributed by atoms with Gasteiger partial charge in [0.15, 0.2) is 0 Å². The first-order chi connectivity index (χ1) is 8.63. The van der Waals surface area contributed by atoms with E-state index in [0.717, 1.165) is 18.9 Å². The summed E-state index contributed by atoms with van der Waals surface area (Å²) < 4.78 is 44.1. The third-order valence-electron chi connectivity index (χ3n) is 4.02. The van der Waals surface area contributed by atoms with Gasteiger partial charge < -0.3 is 10.5 Å². The van der Waals surface area contributed by atoms with Gasteiger partial charge in [0, 0.05) is 16.5 Å². The molecular formula is C14H18F3NO. The molecule has 0 aliphatic heterocycles. The van der Waals surface area contributed by atoms with E-state index in [4.69, 9.17) is 10.5 Å². The maximum atomic E-state index is 13.0. The zero-order valence-corrected chi connectivity index (χ0v) is 11.3. The van der Waals surface area contributed by atoms with E-state index in [1.54, 1.807) is 6.07 Å². The van der Waals surface area contributed by atoms with E-state index < -0.39 is 22.7 Å². The Morgan fingerprint density at radius 2 is 1.79 bits per heavy atom. The van der Waals surface area contributed by atoms with Crippen molar-refractivity contribution in [2.45, 2.75) is 43.8 Å². The highest BCUT2D eigenvalue weighted by Gasteiger charge is 2.56. The predicted molar refractivity (Wildman–Crippen MR) is 67.2 cm³/mol. The Balaban J connectivity index is 2.61. The highest BCUT2D eigenvalue weighted by atomic mass is 19.4. The highest BCUT2D eigenvalue weighted by Crippen LogP contribution is 2.58. The van der Waals surface area contributed by atoms with Crippen molar-refractivity contribution >= 4 is 0 Å². The average Bonchev–Trinajstić information content (AvgIpc) is 3.06. The Hall–Kier alpha value is -1.23. The molecule has 1 aliphatic rings. The fourth-order valence-corrected chi connectivity index (χ4v) is 2.74. The lowest BCUT2D eigenvalue weighted by atomic mass is 9.78. The van der Waals surface area contributed by atoms with Gasteiger partial charge in [-0.3, -0.25) is 0 Å². The Labute approximate surface area is 110 Å². The molecule has 1 fully saturated rings. The van der Waals surface area contributed by atoms with Crippen molar-refractivity contribution in [3.05, 3.63) is 29.3 Å². The topological polar surface area (TPSA) is 35.2 Å². The molecule has 0 unspecified atom stereocenters. The van der Waals surface area contributed by atoms with Crippen molar-refractivity contribution in [3.8, 4) is 5.75 Å². The van der Waals surface area contributed by atoms with E-state index >= 15 is 0 Å². The normalized spacial score (nSPS) is 18.3. The van der Waals surface area contributed by atoms with Crippen molar-refractivity contribution in [2.24, 2.45) is 5.73 Å². The van der Waals surface area contributed by atoms with Crippen LogP contribution in [0.4, 0.5) is 13.2 Å². The van der Waals surface area contributed by atoms with Crippen molar-refractivity contribution in [1.29, 1.82) is 0 Å². The zero-order chi connectivity index (χ0) is 14.5. The monoisotopic (exact) mass is 273 g/mol. The lowest BCUT2D eigenvalue weighted by molar-refractivity contribution is -0.138. The molecule has 1 aromatic carbocycles. The number of hydrogen-bond donors (Lipinski definition) is 1. The number of nitrogens with two attached hydrogens (primary N) is 1. The van der Waals surface area contributed by atoms with Crippen LogP contribution < -0.4 is 10.5 Å². The second kappa shape index (κ2) is 4.13. The Kier molecular flexibility index (Phi) is 3.08. The van der Waals surface area contributed by atoms with E-state index in [1.807, 2.05) is 13.8 Å². The molecule has 1 aliphatic carbocycles. The van der Waals surface area contributed by atoms with Crippen LogP contribution in [-0.2, 0) is 11.6 Å². The van der Waals surface area contributed by atoms with Crippen LogP contribution >= 0.6 is 0 Å². The van der Waals surface area contributed by atoms with Crippen LogP contribution in [0.3, 0.4) is 0 Å². The molecule has 0 radical (unpaired) electrons. The molecule has 0 amide bonds. The van der Waals surface area contributed by atoms with Crippen molar-refractivity contribution in [3.63, 3.8) is 0 Å². The highest BCUT2D eigenvalue weighted by molar-refractivity contribution is 5.51. The summed E-state index contributed by atoms with van der Waals surface area (Å²) in [6, 6.07) is 4.16. The molecule has 19 heavy (non-hydrogen) atoms. The van der Waals surface area contributed by atoms with Crippen LogP contribution in [0.1, 0.15) is 37.8 Å². The van der Waals surface area contributed by atoms with E-state index in [-0.39, 0.29) is 5.75 Å². The first-order valence-corrected chi connectivity index (χ1v) is 6.17. The van der Waals surface area contributed by atoms with Gasteiger partial charge >= 0.3 is 6.18 Å². The fourth-order valence-electron chi connectivity index (χ4n) is 2.74. The van der Waals surface area contributed by atoms with Gasteiger partial charge in [0.2, 0.25) is 0 Å². The molecular weight excluding hydrogens is 255 g/mol. The van der Waals surface area contributed by atoms with Crippen molar-refractivity contribution in [1.82, 2.24) is 0 Å². The summed E-state index contributed by atoms with van der Waals surface area (Å²) in [5, 5.41) is 0. The van der Waals surface area contributed by atoms with E-state index in [1.165, 1.54) is 13.2 Å². The van der Waals surface area contributed by atoms with E-state index in [9.17, 15) is 13.2 Å². The maximum absolute atomic E-state index is 13.0. The van der Waals surface area contributed by atoms with Crippen LogP contribution in [0.2, 0.25) is 0 Å². The van der Waals surface area contributed by atoms with Crippen LogP contribution in [0.25, 0.3) is 0 Å². The van der Waals surface area contributed by atoms with Gasteiger partial charge in [-0.05, 0) is 32.8 Å². The molecule has 0 spiro atoms. The molecule has 0 aromatic heterocycles. The summed E-state index contributed by atoms with van der Waals surface area (Å²) in [5.41, 5.74) is 4.99. The molecule has 0 saturated heterocycles. The molecule has 2 rings (SSSR count).